The van der Waals surface area contributed by atoms with Crippen LogP contribution in [0.15, 0.2) is 18.2 Å². The number of nitrogens with zero attached hydrogens (tertiary/aromatic N) is 1. The van der Waals surface area contributed by atoms with Gasteiger partial charge in [0.05, 0.1) is 0 Å². The highest BCUT2D eigenvalue weighted by molar-refractivity contribution is 5.44. The highest BCUT2D eigenvalue weighted by Gasteiger charge is 2.15. The summed E-state index contributed by atoms with van der Waals surface area (Å²) in [6, 6.07) is 6.21. The Kier molecular flexibility index (Phi) is 5.68. The number of ether oxygens (including phenoxy) is 2. The third kappa shape index (κ3) is 4.69. The molecule has 0 saturated carbocycles. The normalized spacial score (nSPS) is 17.8. The number of piperazine rings is 1. The van der Waals surface area contributed by atoms with E-state index in [0.29, 0.717) is 6.79 Å². The minimum atomic E-state index is 0.354. The van der Waals surface area contributed by atoms with Gasteiger partial charge >= 0.3 is 0 Å². The first-order valence-corrected chi connectivity index (χ1v) is 7.47. The summed E-state index contributed by atoms with van der Waals surface area (Å²) in [6.45, 7) is 12.3. The van der Waals surface area contributed by atoms with E-state index in [0.717, 1.165) is 50.1 Å². The Morgan fingerprint density at radius 2 is 1.75 bits per heavy atom. The van der Waals surface area contributed by atoms with E-state index in [1.54, 1.807) is 0 Å². The predicted octanol–water partition coefficient (Wildman–Crippen LogP) is 2.48. The van der Waals surface area contributed by atoms with Gasteiger partial charge in [0.15, 0.2) is 11.5 Å². The first kappa shape index (κ1) is 15.1. The molecule has 4 nitrogen and oxygen atoms in total. The molecule has 1 aromatic rings. The van der Waals surface area contributed by atoms with Crippen LogP contribution in [0.2, 0.25) is 0 Å². The number of benzene rings is 1. The second-order valence-electron chi connectivity index (χ2n) is 5.95. The number of fused-ring (bicyclic) bond motifs is 1. The van der Waals surface area contributed by atoms with E-state index in [1.165, 1.54) is 5.56 Å². The van der Waals surface area contributed by atoms with Crippen molar-refractivity contribution in [3.05, 3.63) is 23.8 Å². The summed E-state index contributed by atoms with van der Waals surface area (Å²) >= 11 is 0. The van der Waals surface area contributed by atoms with Crippen molar-refractivity contribution in [3.63, 3.8) is 0 Å². The minimum Gasteiger partial charge on any atom is -0.454 e. The molecule has 2 heterocycles. The topological polar surface area (TPSA) is 33.7 Å². The molecule has 1 saturated heterocycles. The van der Waals surface area contributed by atoms with Crippen molar-refractivity contribution >= 4 is 0 Å². The zero-order valence-corrected chi connectivity index (χ0v) is 12.8. The number of hydrogen-bond acceptors (Lipinski definition) is 4. The largest absolute Gasteiger partial charge is 0.454 e. The standard InChI is InChI=1S/C12H16N2O2.C4H10/c1-2-11-12(16-9-15-11)7-10(1)8-14-5-3-13-4-6-14;1-4(2)3/h1-2,7,13H,3-6,8-9H2;4H,1-3H3. The zero-order chi connectivity index (χ0) is 14.4. The summed E-state index contributed by atoms with van der Waals surface area (Å²) in [5, 5.41) is 3.36. The molecule has 1 fully saturated rings. The maximum Gasteiger partial charge on any atom is 0.231 e. The molecule has 1 N–H and O–H groups in total. The van der Waals surface area contributed by atoms with Gasteiger partial charge in [-0.05, 0) is 23.6 Å². The third-order valence-electron chi connectivity index (χ3n) is 3.05. The Morgan fingerprint density at radius 3 is 2.45 bits per heavy atom. The zero-order valence-electron chi connectivity index (χ0n) is 12.8. The smallest absolute Gasteiger partial charge is 0.231 e. The van der Waals surface area contributed by atoms with E-state index >= 15 is 0 Å². The molecule has 0 aromatic heterocycles. The van der Waals surface area contributed by atoms with Crippen LogP contribution in [0.3, 0.4) is 0 Å². The van der Waals surface area contributed by atoms with Crippen molar-refractivity contribution in [2.75, 3.05) is 33.0 Å². The molecular weight excluding hydrogens is 252 g/mol. The van der Waals surface area contributed by atoms with Crippen LogP contribution in [0, 0.1) is 5.92 Å². The average molecular weight is 278 g/mol. The fraction of sp³-hybridized carbons (Fsp3) is 0.625. The minimum absolute atomic E-state index is 0.354. The molecule has 0 spiro atoms. The number of rotatable bonds is 2. The second kappa shape index (κ2) is 7.50. The van der Waals surface area contributed by atoms with E-state index in [4.69, 9.17) is 9.47 Å². The summed E-state index contributed by atoms with van der Waals surface area (Å²) in [4.78, 5) is 2.45. The lowest BCUT2D eigenvalue weighted by atomic mass is 10.2. The summed E-state index contributed by atoms with van der Waals surface area (Å²) < 4.78 is 10.7. The molecule has 0 radical (unpaired) electrons. The third-order valence-corrected chi connectivity index (χ3v) is 3.05. The van der Waals surface area contributed by atoms with Crippen LogP contribution >= 0.6 is 0 Å². The van der Waals surface area contributed by atoms with Gasteiger partial charge in [-0.3, -0.25) is 4.90 Å². The van der Waals surface area contributed by atoms with Crippen LogP contribution in [0.5, 0.6) is 11.5 Å². The maximum atomic E-state index is 5.38. The molecule has 0 bridgehead atoms. The van der Waals surface area contributed by atoms with Crippen LogP contribution in [-0.4, -0.2) is 37.9 Å². The number of hydrogen-bond donors (Lipinski definition) is 1. The molecular formula is C16H26N2O2. The van der Waals surface area contributed by atoms with E-state index in [-0.39, 0.29) is 0 Å². The molecule has 1 aromatic carbocycles. The molecule has 3 rings (SSSR count). The first-order chi connectivity index (χ1) is 9.65. The first-order valence-electron chi connectivity index (χ1n) is 7.47. The van der Waals surface area contributed by atoms with Crippen LogP contribution < -0.4 is 14.8 Å². The molecule has 0 atom stereocenters. The van der Waals surface area contributed by atoms with Crippen LogP contribution in [-0.2, 0) is 6.54 Å². The molecule has 0 unspecified atom stereocenters. The Morgan fingerprint density at radius 1 is 1.10 bits per heavy atom. The van der Waals surface area contributed by atoms with Crippen LogP contribution in [0.1, 0.15) is 26.3 Å². The van der Waals surface area contributed by atoms with Crippen LogP contribution in [0.4, 0.5) is 0 Å². The molecule has 20 heavy (non-hydrogen) atoms. The monoisotopic (exact) mass is 278 g/mol. The highest BCUT2D eigenvalue weighted by Crippen LogP contribution is 2.32. The van der Waals surface area contributed by atoms with Gasteiger partial charge in [0, 0.05) is 32.7 Å². The molecule has 2 aliphatic heterocycles. The highest BCUT2D eigenvalue weighted by atomic mass is 16.7. The number of nitrogens with one attached hydrogen (secondary N) is 1. The van der Waals surface area contributed by atoms with Crippen molar-refractivity contribution in [1.29, 1.82) is 0 Å². The van der Waals surface area contributed by atoms with Crippen molar-refractivity contribution in [2.24, 2.45) is 5.92 Å². The SMILES string of the molecule is CC(C)C.c1cc2c(cc1CN1CCNCC1)OCO2. The Hall–Kier alpha value is -1.26. The van der Waals surface area contributed by atoms with Crippen molar-refractivity contribution < 1.29 is 9.47 Å². The fourth-order valence-corrected chi connectivity index (χ4v) is 2.17. The van der Waals surface area contributed by atoms with Crippen LogP contribution in [0.25, 0.3) is 0 Å². The second-order valence-corrected chi connectivity index (χ2v) is 5.95. The molecule has 0 aliphatic carbocycles. The van der Waals surface area contributed by atoms with Crippen molar-refractivity contribution in [2.45, 2.75) is 27.3 Å². The van der Waals surface area contributed by atoms with E-state index in [1.807, 2.05) is 6.07 Å². The summed E-state index contributed by atoms with van der Waals surface area (Å²) in [5.74, 6) is 2.58. The van der Waals surface area contributed by atoms with Gasteiger partial charge in [-0.25, -0.2) is 0 Å². The van der Waals surface area contributed by atoms with E-state index in [2.05, 4.69) is 43.1 Å². The van der Waals surface area contributed by atoms with Gasteiger partial charge < -0.3 is 14.8 Å². The summed E-state index contributed by atoms with van der Waals surface area (Å²) in [5.41, 5.74) is 1.30. The average Bonchev–Trinajstić information content (AvgIpc) is 2.87. The van der Waals surface area contributed by atoms with Gasteiger partial charge in [-0.2, -0.15) is 0 Å². The van der Waals surface area contributed by atoms with Crippen molar-refractivity contribution in [3.8, 4) is 11.5 Å². The molecule has 2 aliphatic rings. The predicted molar refractivity (Wildman–Crippen MR) is 81.2 cm³/mol. The van der Waals surface area contributed by atoms with E-state index in [9.17, 15) is 0 Å². The molecule has 4 heteroatoms. The van der Waals surface area contributed by atoms with Gasteiger partial charge in [0.2, 0.25) is 6.79 Å². The summed E-state index contributed by atoms with van der Waals surface area (Å²) in [7, 11) is 0. The van der Waals surface area contributed by atoms with Gasteiger partial charge in [-0.15, -0.1) is 0 Å². The Labute approximate surface area is 122 Å². The van der Waals surface area contributed by atoms with Gasteiger partial charge in [0.1, 0.15) is 0 Å². The molecule has 0 amide bonds. The molecule has 112 valence electrons. The lowest BCUT2D eigenvalue weighted by Crippen LogP contribution is -2.42. The Bertz CT molecular complexity index is 412. The van der Waals surface area contributed by atoms with Crippen molar-refractivity contribution in [1.82, 2.24) is 10.2 Å². The Balaban J connectivity index is 0.000000328. The fourth-order valence-electron chi connectivity index (χ4n) is 2.17. The maximum absolute atomic E-state index is 5.38. The van der Waals surface area contributed by atoms with E-state index < -0.39 is 0 Å². The van der Waals surface area contributed by atoms with Gasteiger partial charge in [-0.1, -0.05) is 26.8 Å². The van der Waals surface area contributed by atoms with Gasteiger partial charge in [0.25, 0.3) is 0 Å². The summed E-state index contributed by atoms with van der Waals surface area (Å²) in [6.07, 6.45) is 0. The lowest BCUT2D eigenvalue weighted by Gasteiger charge is -2.27. The quantitative estimate of drug-likeness (QED) is 0.901. The lowest BCUT2D eigenvalue weighted by molar-refractivity contribution is 0.174.